The highest BCUT2D eigenvalue weighted by Gasteiger charge is 2.11. The van der Waals surface area contributed by atoms with E-state index in [2.05, 4.69) is 5.32 Å². The van der Waals surface area contributed by atoms with Crippen molar-refractivity contribution in [2.75, 3.05) is 19.5 Å². The Morgan fingerprint density at radius 2 is 1.75 bits per heavy atom. The lowest BCUT2D eigenvalue weighted by atomic mass is 10.1. The van der Waals surface area contributed by atoms with Gasteiger partial charge in [0.2, 0.25) is 0 Å². The van der Waals surface area contributed by atoms with E-state index >= 15 is 0 Å². The number of aromatic carboxylic acids is 1. The zero-order chi connectivity index (χ0) is 14.5. The van der Waals surface area contributed by atoms with Crippen LogP contribution in [0.25, 0.3) is 0 Å². The summed E-state index contributed by atoms with van der Waals surface area (Å²) in [6, 6.07) is 12.0. The monoisotopic (exact) mass is 273 g/mol. The summed E-state index contributed by atoms with van der Waals surface area (Å²) in [5.74, 6) is 0.271. The summed E-state index contributed by atoms with van der Waals surface area (Å²) in [5, 5.41) is 12.3. The first-order valence-corrected chi connectivity index (χ1v) is 5.96. The number of hydrogen-bond donors (Lipinski definition) is 2. The fourth-order valence-electron chi connectivity index (χ4n) is 1.80. The minimum absolute atomic E-state index is 0.175. The third-order valence-corrected chi connectivity index (χ3v) is 2.81. The van der Waals surface area contributed by atoms with Crippen molar-refractivity contribution in [1.29, 1.82) is 0 Å². The summed E-state index contributed by atoms with van der Waals surface area (Å²) in [6.07, 6.45) is 0. The smallest absolute Gasteiger partial charge is 0.337 e. The molecule has 2 rings (SSSR count). The lowest BCUT2D eigenvalue weighted by molar-refractivity contribution is 0.0698. The Hall–Kier alpha value is -2.69. The summed E-state index contributed by atoms with van der Waals surface area (Å²) >= 11 is 0. The third-order valence-electron chi connectivity index (χ3n) is 2.81. The predicted octanol–water partition coefficient (Wildman–Crippen LogP) is 3.15. The van der Waals surface area contributed by atoms with Gasteiger partial charge in [-0.15, -0.1) is 0 Å². The highest BCUT2D eigenvalue weighted by molar-refractivity contribution is 5.95. The average Bonchev–Trinajstić information content (AvgIpc) is 2.47. The SMILES string of the molecule is COc1cccc(Nc2cc(OC)ccc2C(=O)O)c1. The van der Waals surface area contributed by atoms with Gasteiger partial charge in [0.1, 0.15) is 11.5 Å². The van der Waals surface area contributed by atoms with E-state index in [1.807, 2.05) is 18.2 Å². The summed E-state index contributed by atoms with van der Waals surface area (Å²) in [6.45, 7) is 0. The molecule has 0 aliphatic carbocycles. The Morgan fingerprint density at radius 1 is 1.05 bits per heavy atom. The second-order valence-corrected chi connectivity index (χ2v) is 4.07. The lowest BCUT2D eigenvalue weighted by Gasteiger charge is -2.12. The molecule has 5 heteroatoms. The molecule has 0 fully saturated rings. The normalized spacial score (nSPS) is 9.90. The predicted molar refractivity (Wildman–Crippen MR) is 76.2 cm³/mol. The van der Waals surface area contributed by atoms with Gasteiger partial charge in [0.25, 0.3) is 0 Å². The topological polar surface area (TPSA) is 67.8 Å². The van der Waals surface area contributed by atoms with Gasteiger partial charge >= 0.3 is 5.97 Å². The van der Waals surface area contributed by atoms with Crippen molar-refractivity contribution in [3.05, 3.63) is 48.0 Å². The number of hydrogen-bond acceptors (Lipinski definition) is 4. The van der Waals surface area contributed by atoms with Gasteiger partial charge in [0, 0.05) is 17.8 Å². The Morgan fingerprint density at radius 3 is 2.40 bits per heavy atom. The Kier molecular flexibility index (Phi) is 4.10. The van der Waals surface area contributed by atoms with Gasteiger partial charge in [-0.25, -0.2) is 4.79 Å². The van der Waals surface area contributed by atoms with Crippen molar-refractivity contribution < 1.29 is 19.4 Å². The van der Waals surface area contributed by atoms with Gasteiger partial charge in [0.15, 0.2) is 0 Å². The molecule has 0 bridgehead atoms. The van der Waals surface area contributed by atoms with Crippen molar-refractivity contribution in [2.45, 2.75) is 0 Å². The van der Waals surface area contributed by atoms with Crippen LogP contribution in [-0.4, -0.2) is 25.3 Å². The number of benzene rings is 2. The van der Waals surface area contributed by atoms with Gasteiger partial charge in [-0.3, -0.25) is 0 Å². The van der Waals surface area contributed by atoms with E-state index in [4.69, 9.17) is 9.47 Å². The highest BCUT2D eigenvalue weighted by atomic mass is 16.5. The highest BCUT2D eigenvalue weighted by Crippen LogP contribution is 2.27. The van der Waals surface area contributed by atoms with E-state index < -0.39 is 5.97 Å². The van der Waals surface area contributed by atoms with Gasteiger partial charge in [-0.05, 0) is 24.3 Å². The molecule has 2 aromatic rings. The maximum atomic E-state index is 11.2. The molecule has 2 N–H and O–H groups in total. The third kappa shape index (κ3) is 3.00. The molecular weight excluding hydrogens is 258 g/mol. The molecule has 0 aliphatic heterocycles. The molecule has 0 atom stereocenters. The van der Waals surface area contributed by atoms with Gasteiger partial charge in [-0.1, -0.05) is 6.07 Å². The van der Waals surface area contributed by atoms with E-state index in [9.17, 15) is 9.90 Å². The summed E-state index contributed by atoms with van der Waals surface area (Å²) in [5.41, 5.74) is 1.37. The molecule has 0 saturated carbocycles. The van der Waals surface area contributed by atoms with Crippen molar-refractivity contribution in [1.82, 2.24) is 0 Å². The first-order valence-electron chi connectivity index (χ1n) is 5.96. The van der Waals surface area contributed by atoms with Crippen molar-refractivity contribution in [3.63, 3.8) is 0 Å². The minimum Gasteiger partial charge on any atom is -0.497 e. The number of anilines is 2. The molecule has 0 radical (unpaired) electrons. The van der Waals surface area contributed by atoms with Crippen LogP contribution < -0.4 is 14.8 Å². The number of carbonyl (C=O) groups is 1. The first-order chi connectivity index (χ1) is 9.63. The summed E-state index contributed by atoms with van der Waals surface area (Å²) < 4.78 is 10.2. The number of nitrogens with one attached hydrogen (secondary N) is 1. The van der Waals surface area contributed by atoms with Crippen LogP contribution in [0.2, 0.25) is 0 Å². The van der Waals surface area contributed by atoms with Crippen LogP contribution in [0.15, 0.2) is 42.5 Å². The Labute approximate surface area is 116 Å². The van der Waals surface area contributed by atoms with Crippen LogP contribution in [0, 0.1) is 0 Å². The number of ether oxygens (including phenoxy) is 2. The number of rotatable bonds is 5. The van der Waals surface area contributed by atoms with E-state index in [1.165, 1.54) is 13.2 Å². The van der Waals surface area contributed by atoms with Crippen LogP contribution >= 0.6 is 0 Å². The van der Waals surface area contributed by atoms with Gasteiger partial charge in [-0.2, -0.15) is 0 Å². The van der Waals surface area contributed by atoms with Crippen LogP contribution in [0.4, 0.5) is 11.4 Å². The molecule has 0 saturated heterocycles. The molecule has 0 spiro atoms. The Bertz CT molecular complexity index is 625. The molecule has 0 heterocycles. The molecule has 20 heavy (non-hydrogen) atoms. The molecule has 0 aliphatic rings. The van der Waals surface area contributed by atoms with Gasteiger partial charge < -0.3 is 19.9 Å². The summed E-state index contributed by atoms with van der Waals surface area (Å²) in [7, 11) is 3.11. The quantitative estimate of drug-likeness (QED) is 0.876. The van der Waals surface area contributed by atoms with Crippen LogP contribution in [-0.2, 0) is 0 Å². The van der Waals surface area contributed by atoms with E-state index in [0.29, 0.717) is 17.2 Å². The molecule has 5 nitrogen and oxygen atoms in total. The fourth-order valence-corrected chi connectivity index (χ4v) is 1.80. The lowest BCUT2D eigenvalue weighted by Crippen LogP contribution is -2.03. The molecule has 0 unspecified atom stereocenters. The molecular formula is C15H15NO4. The maximum absolute atomic E-state index is 11.2. The number of carboxylic acid groups (broad SMARTS) is 1. The number of methoxy groups -OCH3 is 2. The van der Waals surface area contributed by atoms with Crippen molar-refractivity contribution >= 4 is 17.3 Å². The largest absolute Gasteiger partial charge is 0.497 e. The average molecular weight is 273 g/mol. The molecule has 104 valence electrons. The zero-order valence-electron chi connectivity index (χ0n) is 11.2. The molecule has 0 aromatic heterocycles. The first kappa shape index (κ1) is 13.7. The van der Waals surface area contributed by atoms with Crippen molar-refractivity contribution in [3.8, 4) is 11.5 Å². The van der Waals surface area contributed by atoms with Crippen molar-refractivity contribution in [2.24, 2.45) is 0 Å². The molecule has 2 aromatic carbocycles. The minimum atomic E-state index is -1.00. The maximum Gasteiger partial charge on any atom is 0.337 e. The number of carboxylic acids is 1. The van der Waals surface area contributed by atoms with E-state index in [-0.39, 0.29) is 5.56 Å². The zero-order valence-corrected chi connectivity index (χ0v) is 11.2. The van der Waals surface area contributed by atoms with Crippen LogP contribution in [0.3, 0.4) is 0 Å². The van der Waals surface area contributed by atoms with Gasteiger partial charge in [0.05, 0.1) is 25.5 Å². The van der Waals surface area contributed by atoms with Crippen LogP contribution in [0.5, 0.6) is 11.5 Å². The van der Waals surface area contributed by atoms with Crippen LogP contribution in [0.1, 0.15) is 10.4 Å². The molecule has 0 amide bonds. The second kappa shape index (κ2) is 5.97. The Balaban J connectivity index is 2.37. The standard InChI is InChI=1S/C15H15NO4/c1-19-11-5-3-4-10(8-11)16-14-9-12(20-2)6-7-13(14)15(17)18/h3-9,16H,1-2H3,(H,17,18). The second-order valence-electron chi connectivity index (χ2n) is 4.07. The fraction of sp³-hybridized carbons (Fsp3) is 0.133. The van der Waals surface area contributed by atoms with E-state index in [1.54, 1.807) is 25.3 Å². The summed E-state index contributed by atoms with van der Waals surface area (Å²) in [4.78, 5) is 11.2. The van der Waals surface area contributed by atoms with E-state index in [0.717, 1.165) is 5.69 Å².